The first-order chi connectivity index (χ1) is 8.58. The largest absolute Gasteiger partial charge is 0.391 e. The minimum absolute atomic E-state index is 0.134. The van der Waals surface area contributed by atoms with Gasteiger partial charge in [-0.2, -0.15) is 0 Å². The van der Waals surface area contributed by atoms with Gasteiger partial charge >= 0.3 is 0 Å². The van der Waals surface area contributed by atoms with Gasteiger partial charge in [-0.15, -0.1) is 0 Å². The number of likely N-dealkylation sites (tertiary alicyclic amines) is 1. The van der Waals surface area contributed by atoms with Crippen LogP contribution in [-0.2, 0) is 0 Å². The van der Waals surface area contributed by atoms with Crippen LogP contribution in [0.4, 0.5) is 0 Å². The van der Waals surface area contributed by atoms with Crippen molar-refractivity contribution in [1.82, 2.24) is 9.80 Å². The quantitative estimate of drug-likeness (QED) is 0.756. The molecule has 0 aromatic carbocycles. The predicted molar refractivity (Wildman–Crippen MR) is 77.8 cm³/mol. The first-order valence-electron chi connectivity index (χ1n) is 7.65. The summed E-state index contributed by atoms with van der Waals surface area (Å²) in [7, 11) is 4.32. The molecule has 1 aliphatic heterocycles. The average Bonchev–Trinajstić information content (AvgIpc) is 2.32. The molecule has 0 bridgehead atoms. The molecule has 3 heteroatoms. The molecule has 1 heterocycles. The zero-order valence-electron chi connectivity index (χ0n) is 12.7. The number of aliphatic hydroxyl groups excluding tert-OH is 1. The van der Waals surface area contributed by atoms with Crippen molar-refractivity contribution in [2.24, 2.45) is 5.92 Å². The van der Waals surface area contributed by atoms with E-state index in [1.165, 1.54) is 19.4 Å². The van der Waals surface area contributed by atoms with Gasteiger partial charge in [-0.3, -0.25) is 4.90 Å². The van der Waals surface area contributed by atoms with E-state index in [1.54, 1.807) is 0 Å². The average molecular weight is 256 g/mol. The van der Waals surface area contributed by atoms with Crippen LogP contribution < -0.4 is 0 Å². The molecule has 0 aromatic rings. The van der Waals surface area contributed by atoms with Crippen molar-refractivity contribution in [2.45, 2.75) is 58.1 Å². The lowest BCUT2D eigenvalue weighted by molar-refractivity contribution is 0.0201. The normalized spacial score (nSPS) is 22.3. The van der Waals surface area contributed by atoms with E-state index in [-0.39, 0.29) is 6.10 Å². The fourth-order valence-corrected chi connectivity index (χ4v) is 3.25. The van der Waals surface area contributed by atoms with Crippen molar-refractivity contribution in [3.05, 3.63) is 0 Å². The van der Waals surface area contributed by atoms with Crippen LogP contribution in [0.3, 0.4) is 0 Å². The molecular formula is C15H32N2O. The molecule has 2 unspecified atom stereocenters. The van der Waals surface area contributed by atoms with Gasteiger partial charge in [-0.1, -0.05) is 20.3 Å². The van der Waals surface area contributed by atoms with Crippen molar-refractivity contribution in [3.8, 4) is 0 Å². The summed E-state index contributed by atoms with van der Waals surface area (Å²) in [5.74, 6) is 0.845. The summed E-state index contributed by atoms with van der Waals surface area (Å²) in [4.78, 5) is 4.82. The Morgan fingerprint density at radius 3 is 2.28 bits per heavy atom. The molecule has 1 saturated heterocycles. The third-order valence-corrected chi connectivity index (χ3v) is 4.19. The van der Waals surface area contributed by atoms with Crippen LogP contribution in [0.2, 0.25) is 0 Å². The molecule has 1 aliphatic rings. The molecule has 0 saturated carbocycles. The summed E-state index contributed by atoms with van der Waals surface area (Å²) >= 11 is 0. The van der Waals surface area contributed by atoms with Crippen molar-refractivity contribution in [3.63, 3.8) is 0 Å². The molecule has 1 fully saturated rings. The molecular weight excluding hydrogens is 224 g/mol. The first kappa shape index (κ1) is 15.9. The maximum Gasteiger partial charge on any atom is 0.0695 e. The van der Waals surface area contributed by atoms with Gasteiger partial charge in [0, 0.05) is 12.6 Å². The third kappa shape index (κ3) is 4.87. The minimum Gasteiger partial charge on any atom is -0.391 e. The van der Waals surface area contributed by atoms with Gasteiger partial charge in [0.15, 0.2) is 0 Å². The van der Waals surface area contributed by atoms with Crippen LogP contribution in [0.25, 0.3) is 0 Å². The van der Waals surface area contributed by atoms with E-state index in [9.17, 15) is 5.11 Å². The van der Waals surface area contributed by atoms with E-state index in [4.69, 9.17) is 0 Å². The second kappa shape index (κ2) is 8.13. The Labute approximate surface area is 113 Å². The lowest BCUT2D eigenvalue weighted by Gasteiger charge is -2.39. The molecule has 18 heavy (non-hydrogen) atoms. The summed E-state index contributed by atoms with van der Waals surface area (Å²) in [6, 6.07) is 0.380. The smallest absolute Gasteiger partial charge is 0.0695 e. The van der Waals surface area contributed by atoms with Crippen LogP contribution in [0.1, 0.15) is 46.0 Å². The molecule has 0 amide bonds. The van der Waals surface area contributed by atoms with Crippen molar-refractivity contribution in [2.75, 3.05) is 33.7 Å². The van der Waals surface area contributed by atoms with Gasteiger partial charge in [-0.05, 0) is 58.8 Å². The zero-order valence-corrected chi connectivity index (χ0v) is 12.7. The van der Waals surface area contributed by atoms with E-state index in [0.29, 0.717) is 6.04 Å². The summed E-state index contributed by atoms with van der Waals surface area (Å²) in [6.45, 7) is 7.90. The third-order valence-electron chi connectivity index (χ3n) is 4.19. The molecule has 108 valence electrons. The minimum atomic E-state index is -0.134. The van der Waals surface area contributed by atoms with E-state index in [2.05, 4.69) is 37.7 Å². The van der Waals surface area contributed by atoms with Crippen LogP contribution in [0.5, 0.6) is 0 Å². The van der Waals surface area contributed by atoms with E-state index in [1.807, 2.05) is 0 Å². The van der Waals surface area contributed by atoms with Gasteiger partial charge in [0.25, 0.3) is 0 Å². The van der Waals surface area contributed by atoms with Gasteiger partial charge < -0.3 is 10.0 Å². The molecule has 2 atom stereocenters. The Bertz CT molecular complexity index is 213. The summed E-state index contributed by atoms with van der Waals surface area (Å²) in [5, 5.41) is 10.2. The van der Waals surface area contributed by atoms with E-state index < -0.39 is 0 Å². The highest BCUT2D eigenvalue weighted by Crippen LogP contribution is 2.23. The highest BCUT2D eigenvalue weighted by Gasteiger charge is 2.28. The Hall–Kier alpha value is -0.120. The second-order valence-corrected chi connectivity index (χ2v) is 6.07. The Morgan fingerprint density at radius 1 is 1.22 bits per heavy atom. The SMILES string of the molecule is CCCC(O)C(CC)N1CCC(CN(C)C)CC1. The molecule has 0 aliphatic carbocycles. The van der Waals surface area contributed by atoms with E-state index in [0.717, 1.165) is 38.3 Å². The lowest BCUT2D eigenvalue weighted by Crippen LogP contribution is -2.48. The second-order valence-electron chi connectivity index (χ2n) is 6.07. The number of hydrogen-bond donors (Lipinski definition) is 1. The molecule has 3 nitrogen and oxygen atoms in total. The molecule has 1 N–H and O–H groups in total. The molecule has 0 radical (unpaired) electrons. The number of piperidine rings is 1. The maximum atomic E-state index is 10.2. The topological polar surface area (TPSA) is 26.7 Å². The van der Waals surface area contributed by atoms with Crippen LogP contribution in [0, 0.1) is 5.92 Å². The summed E-state index contributed by atoms with van der Waals surface area (Å²) in [5.41, 5.74) is 0. The van der Waals surface area contributed by atoms with Gasteiger partial charge in [-0.25, -0.2) is 0 Å². The highest BCUT2D eigenvalue weighted by molar-refractivity contribution is 4.82. The fraction of sp³-hybridized carbons (Fsp3) is 1.00. The van der Waals surface area contributed by atoms with Gasteiger partial charge in [0.2, 0.25) is 0 Å². The van der Waals surface area contributed by atoms with Crippen LogP contribution in [-0.4, -0.2) is 60.8 Å². The molecule has 0 aromatic heterocycles. The van der Waals surface area contributed by atoms with Crippen LogP contribution in [0.15, 0.2) is 0 Å². The van der Waals surface area contributed by atoms with Crippen LogP contribution >= 0.6 is 0 Å². The first-order valence-corrected chi connectivity index (χ1v) is 7.65. The Kier molecular flexibility index (Phi) is 7.20. The maximum absolute atomic E-state index is 10.2. The van der Waals surface area contributed by atoms with Gasteiger partial charge in [0.1, 0.15) is 0 Å². The Morgan fingerprint density at radius 2 is 1.83 bits per heavy atom. The van der Waals surface area contributed by atoms with Crippen molar-refractivity contribution < 1.29 is 5.11 Å². The fourth-order valence-electron chi connectivity index (χ4n) is 3.25. The lowest BCUT2D eigenvalue weighted by atomic mass is 9.93. The summed E-state index contributed by atoms with van der Waals surface area (Å²) in [6.07, 6.45) is 5.52. The number of hydrogen-bond acceptors (Lipinski definition) is 3. The zero-order chi connectivity index (χ0) is 13.5. The van der Waals surface area contributed by atoms with Crippen molar-refractivity contribution in [1.29, 1.82) is 0 Å². The van der Waals surface area contributed by atoms with Gasteiger partial charge in [0.05, 0.1) is 6.10 Å². The molecule has 0 spiro atoms. The van der Waals surface area contributed by atoms with E-state index >= 15 is 0 Å². The summed E-state index contributed by atoms with van der Waals surface area (Å²) < 4.78 is 0. The predicted octanol–water partition coefficient (Wildman–Crippen LogP) is 2.20. The number of nitrogens with zero attached hydrogens (tertiary/aromatic N) is 2. The number of aliphatic hydroxyl groups is 1. The monoisotopic (exact) mass is 256 g/mol. The van der Waals surface area contributed by atoms with Crippen molar-refractivity contribution >= 4 is 0 Å². The Balaban J connectivity index is 2.39. The highest BCUT2D eigenvalue weighted by atomic mass is 16.3. The standard InChI is InChI=1S/C15H32N2O/c1-5-7-15(18)14(6-2)17-10-8-13(9-11-17)12-16(3)4/h13-15,18H,5-12H2,1-4H3. The molecule has 1 rings (SSSR count). The number of rotatable bonds is 7.